The third kappa shape index (κ3) is 5.14. The smallest absolute Gasteiger partial charge is 0.265 e. The van der Waals surface area contributed by atoms with E-state index in [2.05, 4.69) is 26.0 Å². The molecule has 0 aliphatic heterocycles. The van der Waals surface area contributed by atoms with E-state index in [-0.39, 0.29) is 20.7 Å². The summed E-state index contributed by atoms with van der Waals surface area (Å²) >= 11 is 8.88. The normalized spacial score (nSPS) is 12.3. The molecule has 0 aliphatic rings. The number of phenols is 2. The number of primary amides is 1. The van der Waals surface area contributed by atoms with Gasteiger partial charge >= 0.3 is 0 Å². The van der Waals surface area contributed by atoms with Crippen molar-refractivity contribution in [2.24, 2.45) is 5.73 Å². The van der Waals surface area contributed by atoms with Gasteiger partial charge in [0.05, 0.1) is 22.9 Å². The average molecular weight is 523 g/mol. The monoisotopic (exact) mass is 521 g/mol. The second kappa shape index (κ2) is 9.08. The maximum atomic E-state index is 12.7. The van der Waals surface area contributed by atoms with Crippen LogP contribution in [0.3, 0.4) is 0 Å². The molecule has 2 rings (SSSR count). The highest BCUT2D eigenvalue weighted by molar-refractivity contribution is 9.10. The number of hydrogen-bond acceptors (Lipinski definition) is 7. The van der Waals surface area contributed by atoms with Crippen molar-refractivity contribution in [2.45, 2.75) is 17.9 Å². The van der Waals surface area contributed by atoms with E-state index >= 15 is 0 Å². The highest BCUT2D eigenvalue weighted by atomic mass is 79.9. The van der Waals surface area contributed by atoms with E-state index in [4.69, 9.17) is 22.4 Å². The minimum atomic E-state index is -4.43. The highest BCUT2D eigenvalue weighted by Crippen LogP contribution is 2.37. The number of phenolic OH excluding ortho intramolecular Hbond substituents is 2. The third-order valence-corrected chi connectivity index (χ3v) is 5.98. The summed E-state index contributed by atoms with van der Waals surface area (Å²) in [4.78, 5) is 23.0. The molecule has 30 heavy (non-hydrogen) atoms. The van der Waals surface area contributed by atoms with Crippen LogP contribution in [0.4, 0.5) is 5.69 Å². The minimum absolute atomic E-state index is 0.222. The summed E-state index contributed by atoms with van der Waals surface area (Å²) in [6.45, 7) is 0.759. The number of aliphatic hydroxyl groups excluding tert-OH is 1. The number of benzene rings is 2. The summed E-state index contributed by atoms with van der Waals surface area (Å²) in [6.07, 6.45) is 0. The van der Waals surface area contributed by atoms with Crippen LogP contribution in [0.25, 0.3) is 0 Å². The molecule has 7 N–H and O–H groups in total. The number of carbonyl (C=O) groups is 2. The first-order valence-electron chi connectivity index (χ1n) is 8.12. The Morgan fingerprint density at radius 1 is 1.20 bits per heavy atom. The molecule has 10 nitrogen and oxygen atoms in total. The van der Waals surface area contributed by atoms with E-state index in [0.29, 0.717) is 5.56 Å². The van der Waals surface area contributed by atoms with Crippen molar-refractivity contribution in [2.75, 3.05) is 11.3 Å². The van der Waals surface area contributed by atoms with Crippen molar-refractivity contribution >= 4 is 55.1 Å². The van der Waals surface area contributed by atoms with Crippen LogP contribution in [0.2, 0.25) is 5.02 Å². The van der Waals surface area contributed by atoms with Gasteiger partial charge in [-0.2, -0.15) is 0 Å². The summed E-state index contributed by atoms with van der Waals surface area (Å²) in [5.41, 5.74) is 4.70. The first-order valence-corrected chi connectivity index (χ1v) is 10.8. The summed E-state index contributed by atoms with van der Waals surface area (Å²) in [7, 11) is -4.43. The Labute approximate surface area is 184 Å². The SMILES string of the molecule is Cc1cc(NS(=O)(=O)c2cc(Br)cc(Cl)c2O)c(O)c(C(=O)N[C@@H](CO)C(N)=O)c1. The van der Waals surface area contributed by atoms with Gasteiger partial charge in [0.1, 0.15) is 10.9 Å². The predicted octanol–water partition coefficient (Wildman–Crippen LogP) is 1.20. The van der Waals surface area contributed by atoms with Gasteiger partial charge in [-0.05, 0) is 36.8 Å². The van der Waals surface area contributed by atoms with E-state index in [1.54, 1.807) is 0 Å². The zero-order valence-corrected chi connectivity index (χ0v) is 18.5. The Hall–Kier alpha value is -2.54. The molecule has 0 saturated carbocycles. The van der Waals surface area contributed by atoms with Crippen molar-refractivity contribution in [1.29, 1.82) is 0 Å². The van der Waals surface area contributed by atoms with Gasteiger partial charge < -0.3 is 26.4 Å². The number of amides is 2. The number of aliphatic hydroxyl groups is 1. The summed E-state index contributed by atoms with van der Waals surface area (Å²) in [5.74, 6) is -3.42. The molecular weight excluding hydrogens is 506 g/mol. The maximum absolute atomic E-state index is 12.7. The van der Waals surface area contributed by atoms with Gasteiger partial charge in [-0.25, -0.2) is 8.42 Å². The average Bonchev–Trinajstić information content (AvgIpc) is 2.64. The first kappa shape index (κ1) is 23.7. The molecule has 2 aromatic rings. The van der Waals surface area contributed by atoms with Crippen LogP contribution in [0.5, 0.6) is 11.5 Å². The highest BCUT2D eigenvalue weighted by Gasteiger charge is 2.26. The zero-order chi connectivity index (χ0) is 22.8. The van der Waals surface area contributed by atoms with Gasteiger partial charge in [0.25, 0.3) is 15.9 Å². The predicted molar refractivity (Wildman–Crippen MR) is 112 cm³/mol. The summed E-state index contributed by atoms with van der Waals surface area (Å²) in [6, 6.07) is 3.48. The van der Waals surface area contributed by atoms with Crippen LogP contribution >= 0.6 is 27.5 Å². The largest absolute Gasteiger partial charge is 0.505 e. The van der Waals surface area contributed by atoms with Crippen LogP contribution in [0.1, 0.15) is 15.9 Å². The number of anilines is 1. The lowest BCUT2D eigenvalue weighted by molar-refractivity contribution is -0.120. The molecule has 2 amide bonds. The van der Waals surface area contributed by atoms with Crippen LogP contribution in [0, 0.1) is 6.92 Å². The van der Waals surface area contributed by atoms with Crippen LogP contribution < -0.4 is 15.8 Å². The van der Waals surface area contributed by atoms with E-state index in [9.17, 15) is 28.2 Å². The van der Waals surface area contributed by atoms with Gasteiger partial charge in [0.15, 0.2) is 11.5 Å². The Bertz CT molecular complexity index is 1120. The van der Waals surface area contributed by atoms with Crippen LogP contribution in [0.15, 0.2) is 33.6 Å². The fourth-order valence-corrected chi connectivity index (χ4v) is 4.64. The summed E-state index contributed by atoms with van der Waals surface area (Å²) < 4.78 is 27.8. The molecule has 0 saturated heterocycles. The molecule has 0 heterocycles. The lowest BCUT2D eigenvalue weighted by Gasteiger charge is -2.17. The fraction of sp³-hybridized carbons (Fsp3) is 0.176. The molecule has 0 bridgehead atoms. The number of carbonyl (C=O) groups excluding carboxylic acids is 2. The number of sulfonamides is 1. The van der Waals surface area contributed by atoms with Crippen LogP contribution in [-0.4, -0.2) is 48.2 Å². The first-order chi connectivity index (χ1) is 13.9. The topological polar surface area (TPSA) is 179 Å². The Kier molecular flexibility index (Phi) is 7.18. The lowest BCUT2D eigenvalue weighted by Crippen LogP contribution is -2.46. The van der Waals surface area contributed by atoms with Gasteiger partial charge in [0.2, 0.25) is 5.91 Å². The molecule has 0 spiro atoms. The number of aryl methyl sites for hydroxylation is 1. The molecular formula is C17H17BrClN3O7S. The van der Waals surface area contributed by atoms with Gasteiger partial charge in [-0.15, -0.1) is 0 Å². The second-order valence-corrected chi connectivity index (χ2v) is 9.13. The number of nitrogens with one attached hydrogen (secondary N) is 2. The number of nitrogens with two attached hydrogens (primary N) is 1. The number of halogens is 2. The number of rotatable bonds is 7. The molecule has 2 aromatic carbocycles. The standard InChI is InChI=1S/C17H17BrClN3O7S/c1-7-2-9(17(27)21-12(6-23)16(20)26)14(24)11(3-7)22-30(28,29)13-5-8(18)4-10(19)15(13)25/h2-5,12,22-25H,6H2,1H3,(H2,20,26)(H,21,27)/t12-/m0/s1. The van der Waals surface area contributed by atoms with Gasteiger partial charge in [-0.3, -0.25) is 14.3 Å². The molecule has 13 heteroatoms. The van der Waals surface area contributed by atoms with Crippen LogP contribution in [-0.2, 0) is 14.8 Å². The Morgan fingerprint density at radius 2 is 1.83 bits per heavy atom. The number of hydrogen-bond donors (Lipinski definition) is 6. The molecule has 0 fully saturated rings. The zero-order valence-electron chi connectivity index (χ0n) is 15.3. The van der Waals surface area contributed by atoms with E-state index in [1.165, 1.54) is 25.1 Å². The Morgan fingerprint density at radius 3 is 2.40 bits per heavy atom. The summed E-state index contributed by atoms with van der Waals surface area (Å²) in [5, 5.41) is 31.5. The molecule has 162 valence electrons. The van der Waals surface area contributed by atoms with Crippen molar-refractivity contribution in [1.82, 2.24) is 5.32 Å². The van der Waals surface area contributed by atoms with Gasteiger partial charge in [-0.1, -0.05) is 27.5 Å². The van der Waals surface area contributed by atoms with Crippen molar-refractivity contribution in [3.8, 4) is 11.5 Å². The van der Waals surface area contributed by atoms with Gasteiger partial charge in [0, 0.05) is 4.47 Å². The second-order valence-electron chi connectivity index (χ2n) is 6.16. The fourth-order valence-electron chi connectivity index (χ4n) is 2.42. The maximum Gasteiger partial charge on any atom is 0.265 e. The van der Waals surface area contributed by atoms with E-state index in [1.807, 2.05) is 0 Å². The Balaban J connectivity index is 2.47. The quantitative estimate of drug-likeness (QED) is 0.296. The van der Waals surface area contributed by atoms with Crippen molar-refractivity contribution in [3.05, 3.63) is 44.9 Å². The molecule has 1 atom stereocenters. The minimum Gasteiger partial charge on any atom is -0.505 e. The molecule has 0 aliphatic carbocycles. The van der Waals surface area contributed by atoms with E-state index in [0.717, 1.165) is 6.07 Å². The number of aromatic hydroxyl groups is 2. The molecule has 0 unspecified atom stereocenters. The van der Waals surface area contributed by atoms with Crippen molar-refractivity contribution < 1.29 is 33.3 Å². The molecule has 0 aromatic heterocycles. The third-order valence-electron chi connectivity index (χ3n) is 3.86. The lowest BCUT2D eigenvalue weighted by atomic mass is 10.1. The van der Waals surface area contributed by atoms with Crippen molar-refractivity contribution in [3.63, 3.8) is 0 Å². The van der Waals surface area contributed by atoms with E-state index < -0.39 is 50.9 Å². The molecule has 0 radical (unpaired) electrons.